The van der Waals surface area contributed by atoms with Crippen molar-refractivity contribution >= 4 is 50.0 Å². The fourth-order valence-corrected chi connectivity index (χ4v) is 7.40. The Hall–Kier alpha value is -2.43. The molecule has 37 heavy (non-hydrogen) atoms. The number of carbonyl (C=O) groups excluding carboxylic acids is 1. The van der Waals surface area contributed by atoms with Gasteiger partial charge in [0.2, 0.25) is 15.9 Å². The Morgan fingerprint density at radius 2 is 1.89 bits per heavy atom. The lowest BCUT2D eigenvalue weighted by atomic mass is 10.2. The fourth-order valence-electron chi connectivity index (χ4n) is 4.89. The van der Waals surface area contributed by atoms with Crippen molar-refractivity contribution < 1.29 is 17.9 Å². The number of hydrogen-bond acceptors (Lipinski definition) is 6. The van der Waals surface area contributed by atoms with Gasteiger partial charge in [0, 0.05) is 54.4 Å². The Morgan fingerprint density at radius 3 is 2.68 bits per heavy atom. The first-order valence-corrected chi connectivity index (χ1v) is 14.4. The summed E-state index contributed by atoms with van der Waals surface area (Å²) < 4.78 is 34.9. The van der Waals surface area contributed by atoms with E-state index in [1.807, 2.05) is 31.2 Å². The molecular formula is C26H28Cl2N4O4S. The summed E-state index contributed by atoms with van der Waals surface area (Å²) in [5, 5.41) is 4.43. The molecule has 0 bridgehead atoms. The largest absolute Gasteiger partial charge is 0.487 e. The van der Waals surface area contributed by atoms with E-state index in [0.717, 1.165) is 11.1 Å². The first-order valence-electron chi connectivity index (χ1n) is 12.2. The van der Waals surface area contributed by atoms with Gasteiger partial charge in [0.25, 0.3) is 0 Å². The molecule has 0 spiro atoms. The Kier molecular flexibility index (Phi) is 7.60. The summed E-state index contributed by atoms with van der Waals surface area (Å²) in [6.07, 6.45) is 1.09. The van der Waals surface area contributed by atoms with Crippen LogP contribution in [0.4, 0.5) is 0 Å². The number of pyridine rings is 1. The summed E-state index contributed by atoms with van der Waals surface area (Å²) >= 11 is 13.1. The third-order valence-corrected chi connectivity index (χ3v) is 9.70. The van der Waals surface area contributed by atoms with E-state index in [4.69, 9.17) is 27.9 Å². The SMILES string of the molecule is Cc1ccc2cccc(OCc3c(Cl)ccc(S(=O)(=O)N4CCC[C@H]4C(=O)N4CCNCC4)c3Cl)c2n1. The van der Waals surface area contributed by atoms with Crippen LogP contribution < -0.4 is 10.1 Å². The number of piperazine rings is 1. The highest BCUT2D eigenvalue weighted by molar-refractivity contribution is 7.89. The number of fused-ring (bicyclic) bond motifs is 1. The number of aryl methyl sites for hydroxylation is 1. The average Bonchev–Trinajstić information content (AvgIpc) is 3.40. The molecule has 0 saturated carbocycles. The number of rotatable bonds is 6. The molecule has 11 heteroatoms. The number of halogens is 2. The standard InChI is InChI=1S/C26H28Cl2N4O4S/c1-17-7-8-18-4-2-6-22(25(18)30-17)36-16-19-20(27)9-10-23(24(19)28)37(34,35)32-13-3-5-21(32)26(33)31-14-11-29-12-15-31/h2,4,6-10,21,29H,3,5,11-16H2,1H3/t21-/m0/s1. The fraction of sp³-hybridized carbons (Fsp3) is 0.385. The summed E-state index contributed by atoms with van der Waals surface area (Å²) in [5.41, 5.74) is 1.91. The van der Waals surface area contributed by atoms with Crippen molar-refractivity contribution in [2.24, 2.45) is 0 Å². The van der Waals surface area contributed by atoms with Crippen LogP contribution >= 0.6 is 23.2 Å². The van der Waals surface area contributed by atoms with Gasteiger partial charge in [-0.2, -0.15) is 4.31 Å². The molecule has 0 radical (unpaired) electrons. The molecule has 2 saturated heterocycles. The zero-order valence-corrected chi connectivity index (χ0v) is 22.7. The first kappa shape index (κ1) is 26.2. The quantitative estimate of drug-likeness (QED) is 0.488. The molecule has 2 aliphatic rings. The second kappa shape index (κ2) is 10.7. The number of nitrogens with zero attached hydrogens (tertiary/aromatic N) is 3. The summed E-state index contributed by atoms with van der Waals surface area (Å²) in [6, 6.07) is 11.7. The molecule has 5 rings (SSSR count). The average molecular weight is 564 g/mol. The van der Waals surface area contributed by atoms with Crippen LogP contribution in [0.15, 0.2) is 47.4 Å². The van der Waals surface area contributed by atoms with Gasteiger partial charge < -0.3 is 15.0 Å². The number of ether oxygens (including phenoxy) is 1. The van der Waals surface area contributed by atoms with Crippen LogP contribution in [0.25, 0.3) is 10.9 Å². The van der Waals surface area contributed by atoms with E-state index in [2.05, 4.69) is 10.3 Å². The van der Waals surface area contributed by atoms with E-state index < -0.39 is 16.1 Å². The smallest absolute Gasteiger partial charge is 0.245 e. The predicted octanol–water partition coefficient (Wildman–Crippen LogP) is 4.01. The molecular weight excluding hydrogens is 535 g/mol. The summed E-state index contributed by atoms with van der Waals surface area (Å²) in [6.45, 7) is 4.64. The number of carbonyl (C=O) groups is 1. The van der Waals surface area contributed by atoms with Crippen LogP contribution in [-0.4, -0.2) is 67.3 Å². The number of para-hydroxylation sites is 1. The van der Waals surface area contributed by atoms with Gasteiger partial charge in [0.15, 0.2) is 0 Å². The Bertz CT molecular complexity index is 1440. The van der Waals surface area contributed by atoms with Crippen LogP contribution in [0, 0.1) is 6.92 Å². The number of benzene rings is 2. The second-order valence-corrected chi connectivity index (χ2v) is 11.9. The molecule has 2 aliphatic heterocycles. The summed E-state index contributed by atoms with van der Waals surface area (Å²) in [4.78, 5) is 19.4. The monoisotopic (exact) mass is 562 g/mol. The normalized spacial score (nSPS) is 18.9. The van der Waals surface area contributed by atoms with Gasteiger partial charge in [-0.3, -0.25) is 4.79 Å². The zero-order valence-electron chi connectivity index (χ0n) is 20.4. The van der Waals surface area contributed by atoms with Gasteiger partial charge >= 0.3 is 0 Å². The van der Waals surface area contributed by atoms with Crippen molar-refractivity contribution in [3.05, 3.63) is 63.8 Å². The lowest BCUT2D eigenvalue weighted by molar-refractivity contribution is -0.135. The third kappa shape index (κ3) is 5.15. The first-order chi connectivity index (χ1) is 17.8. The van der Waals surface area contributed by atoms with Crippen LogP contribution in [0.1, 0.15) is 24.1 Å². The minimum absolute atomic E-state index is 0.00264. The number of sulfonamides is 1. The van der Waals surface area contributed by atoms with Gasteiger partial charge in [-0.15, -0.1) is 0 Å². The van der Waals surface area contributed by atoms with Crippen molar-refractivity contribution in [3.63, 3.8) is 0 Å². The van der Waals surface area contributed by atoms with Crippen molar-refractivity contribution in [1.29, 1.82) is 0 Å². The molecule has 3 aromatic rings. The highest BCUT2D eigenvalue weighted by Gasteiger charge is 2.42. The van der Waals surface area contributed by atoms with E-state index in [-0.39, 0.29) is 29.0 Å². The lowest BCUT2D eigenvalue weighted by Gasteiger charge is -2.32. The van der Waals surface area contributed by atoms with Crippen molar-refractivity contribution in [1.82, 2.24) is 19.5 Å². The highest BCUT2D eigenvalue weighted by atomic mass is 35.5. The molecule has 1 N–H and O–H groups in total. The molecule has 1 amide bonds. The Morgan fingerprint density at radius 1 is 1.11 bits per heavy atom. The topological polar surface area (TPSA) is 91.8 Å². The highest BCUT2D eigenvalue weighted by Crippen LogP contribution is 2.36. The van der Waals surface area contributed by atoms with Crippen molar-refractivity contribution in [2.45, 2.75) is 37.3 Å². The molecule has 0 aliphatic carbocycles. The molecule has 2 aromatic carbocycles. The lowest BCUT2D eigenvalue weighted by Crippen LogP contribution is -2.53. The van der Waals surface area contributed by atoms with Gasteiger partial charge in [-0.25, -0.2) is 13.4 Å². The van der Waals surface area contributed by atoms with E-state index >= 15 is 0 Å². The minimum atomic E-state index is -4.05. The van der Waals surface area contributed by atoms with Crippen LogP contribution in [0.5, 0.6) is 5.75 Å². The van der Waals surface area contributed by atoms with Gasteiger partial charge in [-0.05, 0) is 44.0 Å². The van der Waals surface area contributed by atoms with Crippen molar-refractivity contribution in [3.8, 4) is 5.75 Å². The van der Waals surface area contributed by atoms with Crippen LogP contribution in [0.3, 0.4) is 0 Å². The van der Waals surface area contributed by atoms with Crippen LogP contribution in [0.2, 0.25) is 10.0 Å². The number of amides is 1. The molecule has 1 atom stereocenters. The van der Waals surface area contributed by atoms with E-state index in [1.165, 1.54) is 16.4 Å². The number of aromatic nitrogens is 1. The zero-order chi connectivity index (χ0) is 26.2. The second-order valence-electron chi connectivity index (χ2n) is 9.26. The van der Waals surface area contributed by atoms with Gasteiger partial charge in [-0.1, -0.05) is 41.4 Å². The van der Waals surface area contributed by atoms with Gasteiger partial charge in [0.1, 0.15) is 28.8 Å². The molecule has 1 aromatic heterocycles. The van der Waals surface area contributed by atoms with E-state index in [9.17, 15) is 13.2 Å². The maximum absolute atomic E-state index is 13.8. The van der Waals surface area contributed by atoms with Crippen molar-refractivity contribution in [2.75, 3.05) is 32.7 Å². The summed E-state index contributed by atoms with van der Waals surface area (Å²) in [5.74, 6) is 0.387. The maximum atomic E-state index is 13.8. The Labute approximate surface area is 226 Å². The minimum Gasteiger partial charge on any atom is -0.487 e. The maximum Gasteiger partial charge on any atom is 0.245 e. The van der Waals surface area contributed by atoms with Crippen LogP contribution in [-0.2, 0) is 21.4 Å². The predicted molar refractivity (Wildman–Crippen MR) is 144 cm³/mol. The summed E-state index contributed by atoms with van der Waals surface area (Å²) in [7, 11) is -4.05. The molecule has 196 valence electrons. The molecule has 2 fully saturated rings. The molecule has 0 unspecified atom stereocenters. The van der Waals surface area contributed by atoms with E-state index in [1.54, 1.807) is 11.0 Å². The number of nitrogens with one attached hydrogen (secondary N) is 1. The number of hydrogen-bond donors (Lipinski definition) is 1. The molecule has 3 heterocycles. The molecule has 8 nitrogen and oxygen atoms in total. The Balaban J connectivity index is 1.42. The third-order valence-electron chi connectivity index (χ3n) is 6.85. The van der Waals surface area contributed by atoms with E-state index in [0.29, 0.717) is 60.9 Å². The van der Waals surface area contributed by atoms with Gasteiger partial charge in [0.05, 0.1) is 5.02 Å².